The van der Waals surface area contributed by atoms with Gasteiger partial charge in [0.2, 0.25) is 0 Å². The second-order valence-electron chi connectivity index (χ2n) is 5.79. The molecule has 1 amide bonds. The monoisotopic (exact) mass is 309 g/mol. The van der Waals surface area contributed by atoms with Crippen LogP contribution in [0.1, 0.15) is 59.6 Å². The summed E-state index contributed by atoms with van der Waals surface area (Å²) in [7, 11) is 0. The minimum atomic E-state index is -0.962. The van der Waals surface area contributed by atoms with Gasteiger partial charge in [0.25, 0.3) is 5.91 Å². The summed E-state index contributed by atoms with van der Waals surface area (Å²) in [5.41, 5.74) is 1.28. The third-order valence-electron chi connectivity index (χ3n) is 4.24. The molecule has 0 aromatic carbocycles. The molecule has 2 atom stereocenters. The number of thiophene rings is 1. The van der Waals surface area contributed by atoms with Gasteiger partial charge in [-0.2, -0.15) is 0 Å². The van der Waals surface area contributed by atoms with Crippen LogP contribution >= 0.6 is 11.3 Å². The zero-order chi connectivity index (χ0) is 15.4. The Balaban J connectivity index is 2.11. The Kier molecular flexibility index (Phi) is 5.39. The van der Waals surface area contributed by atoms with Gasteiger partial charge in [-0.25, -0.2) is 4.79 Å². The van der Waals surface area contributed by atoms with Crippen molar-refractivity contribution in [3.05, 3.63) is 21.4 Å². The van der Waals surface area contributed by atoms with E-state index in [0.29, 0.717) is 4.88 Å². The standard InChI is InChI=1S/C16H23NO3S/c1-3-10(2)14(16(19)20)17-15(18)13-9-11-7-5-4-6-8-12(11)21-13/h9-10,14H,3-8H2,1-2H3,(H,17,18)(H,19,20)/t10-,14-/m0/s1. The van der Waals surface area contributed by atoms with Crippen molar-refractivity contribution in [2.45, 2.75) is 58.4 Å². The molecule has 0 bridgehead atoms. The zero-order valence-corrected chi connectivity index (χ0v) is 13.5. The zero-order valence-electron chi connectivity index (χ0n) is 12.6. The van der Waals surface area contributed by atoms with Gasteiger partial charge in [-0.3, -0.25) is 4.79 Å². The van der Waals surface area contributed by atoms with E-state index in [1.165, 1.54) is 41.0 Å². The highest BCUT2D eigenvalue weighted by Gasteiger charge is 2.27. The summed E-state index contributed by atoms with van der Waals surface area (Å²) in [6.07, 6.45) is 6.40. The summed E-state index contributed by atoms with van der Waals surface area (Å²) in [6.45, 7) is 3.78. The first-order valence-corrected chi connectivity index (χ1v) is 8.49. The van der Waals surface area contributed by atoms with Crippen molar-refractivity contribution in [2.75, 3.05) is 0 Å². The molecule has 1 aromatic heterocycles. The van der Waals surface area contributed by atoms with E-state index in [1.807, 2.05) is 19.9 Å². The summed E-state index contributed by atoms with van der Waals surface area (Å²) < 4.78 is 0. The Morgan fingerprint density at radius 2 is 2.05 bits per heavy atom. The van der Waals surface area contributed by atoms with E-state index in [4.69, 9.17) is 0 Å². The smallest absolute Gasteiger partial charge is 0.326 e. The lowest BCUT2D eigenvalue weighted by Gasteiger charge is -2.19. The molecule has 1 aliphatic carbocycles. The van der Waals surface area contributed by atoms with Gasteiger partial charge in [0.1, 0.15) is 6.04 Å². The molecule has 1 aromatic rings. The summed E-state index contributed by atoms with van der Waals surface area (Å²) in [6, 6.07) is 1.14. The van der Waals surface area contributed by atoms with Crippen LogP contribution in [0.4, 0.5) is 0 Å². The number of carboxylic acids is 1. The van der Waals surface area contributed by atoms with Crippen molar-refractivity contribution in [1.29, 1.82) is 0 Å². The van der Waals surface area contributed by atoms with Crippen molar-refractivity contribution in [3.63, 3.8) is 0 Å². The molecule has 1 aliphatic rings. The highest BCUT2D eigenvalue weighted by Crippen LogP contribution is 2.29. The minimum absolute atomic E-state index is 0.0794. The van der Waals surface area contributed by atoms with E-state index in [-0.39, 0.29) is 11.8 Å². The fourth-order valence-corrected chi connectivity index (χ4v) is 3.83. The molecule has 116 valence electrons. The average molecular weight is 309 g/mol. The van der Waals surface area contributed by atoms with Crippen molar-refractivity contribution in [2.24, 2.45) is 5.92 Å². The van der Waals surface area contributed by atoms with E-state index in [1.54, 1.807) is 0 Å². The summed E-state index contributed by atoms with van der Waals surface area (Å²) in [5, 5.41) is 11.9. The van der Waals surface area contributed by atoms with Crippen molar-refractivity contribution < 1.29 is 14.7 Å². The number of hydrogen-bond donors (Lipinski definition) is 2. The minimum Gasteiger partial charge on any atom is -0.480 e. The Morgan fingerprint density at radius 3 is 2.71 bits per heavy atom. The first-order valence-electron chi connectivity index (χ1n) is 7.68. The summed E-state index contributed by atoms with van der Waals surface area (Å²) in [5.74, 6) is -1.29. The molecule has 0 saturated carbocycles. The van der Waals surface area contributed by atoms with Gasteiger partial charge in [0, 0.05) is 4.88 Å². The second kappa shape index (κ2) is 7.07. The highest BCUT2D eigenvalue weighted by molar-refractivity contribution is 7.14. The predicted octanol–water partition coefficient (Wildman–Crippen LogP) is 3.25. The van der Waals surface area contributed by atoms with Crippen LogP contribution in [0.3, 0.4) is 0 Å². The van der Waals surface area contributed by atoms with Crippen LogP contribution in [0.2, 0.25) is 0 Å². The lowest BCUT2D eigenvalue weighted by molar-refractivity contribution is -0.140. The maximum atomic E-state index is 12.3. The van der Waals surface area contributed by atoms with Crippen molar-refractivity contribution in [3.8, 4) is 0 Å². The number of carbonyl (C=O) groups excluding carboxylic acids is 1. The largest absolute Gasteiger partial charge is 0.480 e. The summed E-state index contributed by atoms with van der Waals surface area (Å²) in [4.78, 5) is 25.6. The Hall–Kier alpha value is -1.36. The molecule has 2 N–H and O–H groups in total. The molecule has 0 fully saturated rings. The number of amides is 1. The fourth-order valence-electron chi connectivity index (χ4n) is 2.67. The molecule has 0 unspecified atom stereocenters. The van der Waals surface area contributed by atoms with Crippen LogP contribution in [-0.4, -0.2) is 23.0 Å². The first-order chi connectivity index (χ1) is 10.0. The number of hydrogen-bond acceptors (Lipinski definition) is 3. The molecule has 0 radical (unpaired) electrons. The van der Waals surface area contributed by atoms with Gasteiger partial charge in [-0.15, -0.1) is 11.3 Å². The molecular formula is C16H23NO3S. The number of aliphatic carboxylic acids is 1. The van der Waals surface area contributed by atoms with Crippen LogP contribution in [0, 0.1) is 5.92 Å². The topological polar surface area (TPSA) is 66.4 Å². The van der Waals surface area contributed by atoms with Crippen LogP contribution in [0.5, 0.6) is 0 Å². The van der Waals surface area contributed by atoms with Gasteiger partial charge in [-0.05, 0) is 43.2 Å². The van der Waals surface area contributed by atoms with E-state index < -0.39 is 12.0 Å². The van der Waals surface area contributed by atoms with Crippen LogP contribution in [-0.2, 0) is 17.6 Å². The number of fused-ring (bicyclic) bond motifs is 1. The van der Waals surface area contributed by atoms with Gasteiger partial charge in [0.05, 0.1) is 4.88 Å². The van der Waals surface area contributed by atoms with Gasteiger partial charge in [0.15, 0.2) is 0 Å². The van der Waals surface area contributed by atoms with Gasteiger partial charge in [-0.1, -0.05) is 26.7 Å². The molecule has 4 nitrogen and oxygen atoms in total. The van der Waals surface area contributed by atoms with E-state index in [9.17, 15) is 14.7 Å². The molecule has 0 spiro atoms. The van der Waals surface area contributed by atoms with Crippen LogP contribution in [0.25, 0.3) is 0 Å². The fraction of sp³-hybridized carbons (Fsp3) is 0.625. The number of aryl methyl sites for hydroxylation is 2. The molecule has 5 heteroatoms. The summed E-state index contributed by atoms with van der Waals surface area (Å²) >= 11 is 1.52. The number of rotatable bonds is 5. The number of carboxylic acid groups (broad SMARTS) is 1. The lowest BCUT2D eigenvalue weighted by atomic mass is 9.99. The average Bonchev–Trinajstić information content (AvgIpc) is 2.74. The van der Waals surface area contributed by atoms with Crippen molar-refractivity contribution >= 4 is 23.2 Å². The first kappa shape index (κ1) is 16.0. The van der Waals surface area contributed by atoms with Crippen molar-refractivity contribution in [1.82, 2.24) is 5.32 Å². The molecule has 2 rings (SSSR count). The van der Waals surface area contributed by atoms with E-state index >= 15 is 0 Å². The van der Waals surface area contributed by atoms with Gasteiger partial charge >= 0.3 is 5.97 Å². The predicted molar refractivity (Wildman–Crippen MR) is 83.9 cm³/mol. The van der Waals surface area contributed by atoms with Crippen LogP contribution < -0.4 is 5.32 Å². The normalized spacial score (nSPS) is 17.4. The lowest BCUT2D eigenvalue weighted by Crippen LogP contribution is -2.44. The molecular weight excluding hydrogens is 286 g/mol. The third kappa shape index (κ3) is 3.84. The van der Waals surface area contributed by atoms with E-state index in [0.717, 1.165) is 19.3 Å². The number of carbonyl (C=O) groups is 2. The number of nitrogens with one attached hydrogen (secondary N) is 1. The molecule has 1 heterocycles. The SMILES string of the molecule is CC[C@H](C)[C@H](NC(=O)c1cc2c(s1)CCCCC2)C(=O)O. The maximum Gasteiger partial charge on any atom is 0.326 e. The molecule has 21 heavy (non-hydrogen) atoms. The third-order valence-corrected chi connectivity index (χ3v) is 5.47. The van der Waals surface area contributed by atoms with E-state index in [2.05, 4.69) is 5.32 Å². The second-order valence-corrected chi connectivity index (χ2v) is 6.93. The Morgan fingerprint density at radius 1 is 1.33 bits per heavy atom. The van der Waals surface area contributed by atoms with Gasteiger partial charge < -0.3 is 10.4 Å². The Bertz CT molecular complexity index is 500. The maximum absolute atomic E-state index is 12.3. The van der Waals surface area contributed by atoms with Crippen LogP contribution in [0.15, 0.2) is 6.07 Å². The highest BCUT2D eigenvalue weighted by atomic mass is 32.1. The Labute approximate surface area is 129 Å². The molecule has 0 saturated heterocycles. The quantitative estimate of drug-likeness (QED) is 0.821. The molecule has 0 aliphatic heterocycles.